The highest BCUT2D eigenvalue weighted by Crippen LogP contribution is 2.26. The fourth-order valence-corrected chi connectivity index (χ4v) is 2.83. The van der Waals surface area contributed by atoms with Crippen molar-refractivity contribution in [2.75, 3.05) is 6.61 Å². The van der Waals surface area contributed by atoms with Crippen molar-refractivity contribution in [1.82, 2.24) is 0 Å². The maximum atomic E-state index is 11.7. The van der Waals surface area contributed by atoms with E-state index in [1.165, 1.54) is 0 Å². The minimum atomic E-state index is -0.482. The predicted molar refractivity (Wildman–Crippen MR) is 94.9 cm³/mol. The first kappa shape index (κ1) is 19.4. The van der Waals surface area contributed by atoms with Crippen molar-refractivity contribution >= 4 is 11.8 Å². The molecule has 1 aromatic rings. The predicted octanol–water partition coefficient (Wildman–Crippen LogP) is 3.94. The second-order valence-corrected chi connectivity index (χ2v) is 7.49. The molecule has 138 valence electrons. The second-order valence-electron chi connectivity index (χ2n) is 7.49. The van der Waals surface area contributed by atoms with Crippen LogP contribution in [0.5, 0.6) is 5.75 Å². The Morgan fingerprint density at radius 2 is 1.56 bits per heavy atom. The first-order chi connectivity index (χ1) is 11.7. The third kappa shape index (κ3) is 6.86. The summed E-state index contributed by atoms with van der Waals surface area (Å²) in [5, 5.41) is 0. The topological polar surface area (TPSA) is 61.8 Å². The van der Waals surface area contributed by atoms with Crippen LogP contribution in [0.1, 0.15) is 63.7 Å². The van der Waals surface area contributed by atoms with E-state index in [0.29, 0.717) is 5.56 Å². The minimum Gasteiger partial charge on any atom is -0.490 e. The van der Waals surface area contributed by atoms with Crippen molar-refractivity contribution in [3.05, 3.63) is 29.8 Å². The summed E-state index contributed by atoms with van der Waals surface area (Å²) >= 11 is 0. The quantitative estimate of drug-likeness (QED) is 0.576. The fraction of sp³-hybridized carbons (Fsp3) is 0.600. The average molecular weight is 348 g/mol. The molecule has 0 aromatic heterocycles. The van der Waals surface area contributed by atoms with E-state index in [0.717, 1.165) is 31.4 Å². The molecule has 2 rings (SSSR count). The Morgan fingerprint density at radius 1 is 1.00 bits per heavy atom. The molecule has 5 heteroatoms. The van der Waals surface area contributed by atoms with Crippen molar-refractivity contribution in [1.29, 1.82) is 0 Å². The summed E-state index contributed by atoms with van der Waals surface area (Å²) in [6.07, 6.45) is 3.70. The van der Waals surface area contributed by atoms with Crippen molar-refractivity contribution < 1.29 is 23.8 Å². The standard InChI is InChI=1S/C20H28O5/c1-14(21)15-5-7-17(8-6-15)24-18-11-9-16(10-12-18)23-13-19(22)25-20(2,3)4/h5-8,16,18H,9-13H2,1-4H3. The van der Waals surface area contributed by atoms with Crippen LogP contribution in [0.3, 0.4) is 0 Å². The van der Waals surface area contributed by atoms with Gasteiger partial charge in [0.05, 0.1) is 12.2 Å². The summed E-state index contributed by atoms with van der Waals surface area (Å²) in [4.78, 5) is 23.0. The van der Waals surface area contributed by atoms with Crippen LogP contribution < -0.4 is 4.74 Å². The van der Waals surface area contributed by atoms with Crippen molar-refractivity contribution in [3.63, 3.8) is 0 Å². The van der Waals surface area contributed by atoms with Gasteiger partial charge in [-0.2, -0.15) is 0 Å². The lowest BCUT2D eigenvalue weighted by Gasteiger charge is -2.29. The van der Waals surface area contributed by atoms with E-state index < -0.39 is 5.60 Å². The third-order valence-corrected chi connectivity index (χ3v) is 4.04. The van der Waals surface area contributed by atoms with Crippen molar-refractivity contribution in [2.45, 2.75) is 71.2 Å². The van der Waals surface area contributed by atoms with Gasteiger partial charge in [0, 0.05) is 5.56 Å². The van der Waals surface area contributed by atoms with Crippen LogP contribution >= 0.6 is 0 Å². The Kier molecular flexibility index (Phi) is 6.59. The van der Waals surface area contributed by atoms with Crippen LogP contribution in [0, 0.1) is 0 Å². The SMILES string of the molecule is CC(=O)c1ccc(OC2CCC(OCC(=O)OC(C)(C)C)CC2)cc1. The molecular formula is C20H28O5. The van der Waals surface area contributed by atoms with Gasteiger partial charge in [-0.25, -0.2) is 4.79 Å². The molecule has 1 aromatic carbocycles. The summed E-state index contributed by atoms with van der Waals surface area (Å²) < 4.78 is 16.9. The van der Waals surface area contributed by atoms with Crippen LogP contribution in [0.2, 0.25) is 0 Å². The van der Waals surface area contributed by atoms with Crippen LogP contribution in [0.25, 0.3) is 0 Å². The summed E-state index contributed by atoms with van der Waals surface area (Å²) in [5.41, 5.74) is 0.204. The van der Waals surface area contributed by atoms with Crippen LogP contribution in [0.15, 0.2) is 24.3 Å². The first-order valence-electron chi connectivity index (χ1n) is 8.84. The monoisotopic (exact) mass is 348 g/mol. The normalized spacial score (nSPS) is 20.8. The van der Waals surface area contributed by atoms with Gasteiger partial charge in [-0.1, -0.05) is 0 Å². The van der Waals surface area contributed by atoms with E-state index in [9.17, 15) is 9.59 Å². The molecule has 0 amide bonds. The fourth-order valence-electron chi connectivity index (χ4n) is 2.83. The molecule has 0 N–H and O–H groups in total. The van der Waals surface area contributed by atoms with Crippen LogP contribution in [-0.2, 0) is 14.3 Å². The Bertz CT molecular complexity index is 577. The smallest absolute Gasteiger partial charge is 0.332 e. The van der Waals surface area contributed by atoms with Gasteiger partial charge < -0.3 is 14.2 Å². The molecule has 5 nitrogen and oxygen atoms in total. The van der Waals surface area contributed by atoms with E-state index in [-0.39, 0.29) is 30.6 Å². The minimum absolute atomic E-state index is 0.0000308. The van der Waals surface area contributed by atoms with Crippen molar-refractivity contribution in [3.8, 4) is 5.75 Å². The summed E-state index contributed by atoms with van der Waals surface area (Å²) in [6, 6.07) is 7.24. The molecule has 1 aliphatic carbocycles. The molecule has 25 heavy (non-hydrogen) atoms. The maximum absolute atomic E-state index is 11.7. The van der Waals surface area contributed by atoms with E-state index in [2.05, 4.69) is 0 Å². The van der Waals surface area contributed by atoms with E-state index in [1.807, 2.05) is 32.9 Å². The van der Waals surface area contributed by atoms with Gasteiger partial charge in [-0.05, 0) is 77.6 Å². The Balaban J connectivity index is 1.71. The second kappa shape index (κ2) is 8.48. The zero-order chi connectivity index (χ0) is 18.4. The highest BCUT2D eigenvalue weighted by Gasteiger charge is 2.24. The highest BCUT2D eigenvalue weighted by molar-refractivity contribution is 5.94. The molecule has 0 atom stereocenters. The van der Waals surface area contributed by atoms with Crippen molar-refractivity contribution in [2.24, 2.45) is 0 Å². The third-order valence-electron chi connectivity index (χ3n) is 4.04. The molecule has 1 fully saturated rings. The molecule has 1 saturated carbocycles. The Labute approximate surface area is 149 Å². The summed E-state index contributed by atoms with van der Waals surface area (Å²) in [6.45, 7) is 7.08. The van der Waals surface area contributed by atoms with Gasteiger partial charge in [0.15, 0.2) is 5.78 Å². The number of ether oxygens (including phenoxy) is 3. The highest BCUT2D eigenvalue weighted by atomic mass is 16.6. The maximum Gasteiger partial charge on any atom is 0.332 e. The zero-order valence-corrected chi connectivity index (χ0v) is 15.5. The number of hydrogen-bond donors (Lipinski definition) is 0. The number of rotatable bonds is 6. The number of carbonyl (C=O) groups excluding carboxylic acids is 2. The lowest BCUT2D eigenvalue weighted by molar-refractivity contribution is -0.163. The average Bonchev–Trinajstić information content (AvgIpc) is 2.53. The Morgan fingerprint density at radius 3 is 2.08 bits per heavy atom. The molecule has 0 spiro atoms. The van der Waals surface area contributed by atoms with E-state index in [4.69, 9.17) is 14.2 Å². The lowest BCUT2D eigenvalue weighted by Crippen LogP contribution is -2.31. The number of Topliss-reactive ketones (excluding diaryl/α,β-unsaturated/α-hetero) is 1. The molecule has 0 heterocycles. The Hall–Kier alpha value is -1.88. The van der Waals surface area contributed by atoms with Gasteiger partial charge in [0.2, 0.25) is 0 Å². The molecule has 0 saturated heterocycles. The largest absolute Gasteiger partial charge is 0.490 e. The molecule has 1 aliphatic rings. The molecule has 0 aliphatic heterocycles. The number of benzene rings is 1. The van der Waals surface area contributed by atoms with Gasteiger partial charge in [-0.15, -0.1) is 0 Å². The number of esters is 1. The van der Waals surface area contributed by atoms with Gasteiger partial charge >= 0.3 is 5.97 Å². The lowest BCUT2D eigenvalue weighted by atomic mass is 9.95. The van der Waals surface area contributed by atoms with Gasteiger partial charge in [0.1, 0.15) is 18.0 Å². The van der Waals surface area contributed by atoms with Crippen LogP contribution in [-0.4, -0.2) is 36.2 Å². The van der Waals surface area contributed by atoms with E-state index in [1.54, 1.807) is 19.1 Å². The molecule has 0 radical (unpaired) electrons. The number of ketones is 1. The van der Waals surface area contributed by atoms with Crippen LogP contribution in [0.4, 0.5) is 0 Å². The number of hydrogen-bond acceptors (Lipinski definition) is 5. The molecule has 0 unspecified atom stereocenters. The van der Waals surface area contributed by atoms with Gasteiger partial charge in [-0.3, -0.25) is 4.79 Å². The first-order valence-corrected chi connectivity index (χ1v) is 8.84. The summed E-state index contributed by atoms with van der Waals surface area (Å²) in [7, 11) is 0. The molecular weight excluding hydrogens is 320 g/mol. The van der Waals surface area contributed by atoms with Gasteiger partial charge in [0.25, 0.3) is 0 Å². The summed E-state index contributed by atoms with van der Waals surface area (Å²) in [5.74, 6) is 0.508. The zero-order valence-electron chi connectivity index (χ0n) is 15.5. The number of carbonyl (C=O) groups is 2. The van der Waals surface area contributed by atoms with E-state index >= 15 is 0 Å². The molecule has 0 bridgehead atoms.